The smallest absolute Gasteiger partial charge is 0.193 e. The summed E-state index contributed by atoms with van der Waals surface area (Å²) in [6.07, 6.45) is 2.43. The third kappa shape index (κ3) is 2.34. The minimum absolute atomic E-state index is 0.0964. The van der Waals surface area contributed by atoms with E-state index in [1.807, 2.05) is 45.0 Å². The summed E-state index contributed by atoms with van der Waals surface area (Å²) in [4.78, 5) is 15.7. The molecule has 2 rings (SSSR count). The van der Waals surface area contributed by atoms with Crippen molar-refractivity contribution < 1.29 is 0 Å². The van der Waals surface area contributed by atoms with Crippen LogP contribution in [-0.2, 0) is 6.42 Å². The van der Waals surface area contributed by atoms with Gasteiger partial charge in [-0.15, -0.1) is 0 Å². The van der Waals surface area contributed by atoms with Gasteiger partial charge in [-0.05, 0) is 38.8 Å². The summed E-state index contributed by atoms with van der Waals surface area (Å²) in [6.45, 7) is 5.75. The van der Waals surface area contributed by atoms with Crippen LogP contribution in [0.1, 0.15) is 23.7 Å². The van der Waals surface area contributed by atoms with Crippen LogP contribution in [0.4, 0.5) is 0 Å². The number of pyridine rings is 1. The van der Waals surface area contributed by atoms with Crippen LogP contribution < -0.4 is 5.43 Å². The number of H-pyrrole nitrogens is 1. The molecule has 0 saturated heterocycles. The predicted molar refractivity (Wildman–Crippen MR) is 77.4 cm³/mol. The zero-order chi connectivity index (χ0) is 13.3. The molecular weight excluding hydrogens is 246 g/mol. The lowest BCUT2D eigenvalue weighted by Crippen LogP contribution is -2.13. The molecule has 0 aliphatic rings. The Labute approximate surface area is 111 Å². The third-order valence-corrected chi connectivity index (χ3v) is 3.30. The number of allylic oxidation sites excluding steroid dienone is 2. The molecule has 0 unspecified atom stereocenters. The Morgan fingerprint density at radius 3 is 2.78 bits per heavy atom. The average molecular weight is 262 g/mol. The van der Waals surface area contributed by atoms with Crippen LogP contribution in [0.3, 0.4) is 0 Å². The second kappa shape index (κ2) is 4.99. The molecule has 1 aromatic heterocycles. The Kier molecular flexibility index (Phi) is 3.58. The first-order valence-electron chi connectivity index (χ1n) is 5.94. The lowest BCUT2D eigenvalue weighted by atomic mass is 10.0. The van der Waals surface area contributed by atoms with Crippen LogP contribution in [0.25, 0.3) is 10.9 Å². The molecule has 0 fully saturated rings. The van der Waals surface area contributed by atoms with E-state index in [1.54, 1.807) is 0 Å². The van der Waals surface area contributed by atoms with Gasteiger partial charge >= 0.3 is 0 Å². The lowest BCUT2D eigenvalue weighted by Gasteiger charge is -2.08. The Balaban J connectivity index is 2.70. The monoisotopic (exact) mass is 261 g/mol. The standard InChI is InChI=1S/C15H16ClNO/c1-9-5-4-6-13-14(9)17-11(3)12(15(13)18)8-7-10(2)16/h4-7H,8H2,1-3H3,(H,17,18)/b10-7-. The van der Waals surface area contributed by atoms with Crippen LogP contribution in [0.5, 0.6) is 0 Å². The van der Waals surface area contributed by atoms with E-state index in [1.165, 1.54) is 0 Å². The van der Waals surface area contributed by atoms with E-state index < -0.39 is 0 Å². The van der Waals surface area contributed by atoms with Gasteiger partial charge < -0.3 is 4.98 Å². The molecular formula is C15H16ClNO. The van der Waals surface area contributed by atoms with E-state index >= 15 is 0 Å². The van der Waals surface area contributed by atoms with Crippen LogP contribution in [0, 0.1) is 13.8 Å². The number of aromatic amines is 1. The molecule has 0 atom stereocenters. The summed E-state index contributed by atoms with van der Waals surface area (Å²) in [5.74, 6) is 0. The van der Waals surface area contributed by atoms with E-state index in [0.717, 1.165) is 27.7 Å². The maximum Gasteiger partial charge on any atom is 0.193 e. The molecule has 0 bridgehead atoms. The van der Waals surface area contributed by atoms with Gasteiger partial charge in [0.25, 0.3) is 0 Å². The zero-order valence-electron chi connectivity index (χ0n) is 10.8. The second-order valence-electron chi connectivity index (χ2n) is 4.55. The number of nitrogens with one attached hydrogen (secondary N) is 1. The van der Waals surface area contributed by atoms with Crippen LogP contribution in [0.15, 0.2) is 34.1 Å². The topological polar surface area (TPSA) is 32.9 Å². The Morgan fingerprint density at radius 1 is 1.39 bits per heavy atom. The van der Waals surface area contributed by atoms with Crippen molar-refractivity contribution >= 4 is 22.5 Å². The maximum atomic E-state index is 12.4. The molecule has 0 saturated carbocycles. The van der Waals surface area contributed by atoms with Gasteiger partial charge in [0, 0.05) is 21.7 Å². The molecule has 2 aromatic rings. The largest absolute Gasteiger partial charge is 0.358 e. The number of para-hydroxylation sites is 1. The number of halogens is 1. The number of rotatable bonds is 2. The molecule has 1 N–H and O–H groups in total. The van der Waals surface area contributed by atoms with Crippen molar-refractivity contribution in [3.63, 3.8) is 0 Å². The summed E-state index contributed by atoms with van der Waals surface area (Å²) in [5, 5.41) is 1.45. The van der Waals surface area contributed by atoms with Gasteiger partial charge in [0.2, 0.25) is 0 Å². The minimum atomic E-state index is 0.0964. The molecule has 0 spiro atoms. The minimum Gasteiger partial charge on any atom is -0.358 e. The predicted octanol–water partition coefficient (Wildman–Crippen LogP) is 3.83. The van der Waals surface area contributed by atoms with Crippen molar-refractivity contribution in [2.45, 2.75) is 27.2 Å². The highest BCUT2D eigenvalue weighted by Crippen LogP contribution is 2.16. The fourth-order valence-electron chi connectivity index (χ4n) is 2.11. The second-order valence-corrected chi connectivity index (χ2v) is 5.15. The van der Waals surface area contributed by atoms with Gasteiger partial charge in [-0.25, -0.2) is 0 Å². The quantitative estimate of drug-likeness (QED) is 0.876. The first kappa shape index (κ1) is 12.9. The van der Waals surface area contributed by atoms with Crippen LogP contribution in [-0.4, -0.2) is 4.98 Å². The number of hydrogen-bond donors (Lipinski definition) is 1. The zero-order valence-corrected chi connectivity index (χ0v) is 11.6. The summed E-state index contributed by atoms with van der Waals surface area (Å²) < 4.78 is 0. The third-order valence-electron chi connectivity index (χ3n) is 3.14. The van der Waals surface area contributed by atoms with Crippen molar-refractivity contribution in [1.82, 2.24) is 4.98 Å². The lowest BCUT2D eigenvalue weighted by molar-refractivity contribution is 1.11. The summed E-state index contributed by atoms with van der Waals surface area (Å²) in [5.41, 5.74) is 3.81. The number of aryl methyl sites for hydroxylation is 2. The van der Waals surface area contributed by atoms with Gasteiger partial charge in [-0.1, -0.05) is 29.8 Å². The van der Waals surface area contributed by atoms with E-state index in [-0.39, 0.29) is 5.43 Å². The van der Waals surface area contributed by atoms with Gasteiger partial charge in [-0.2, -0.15) is 0 Å². The number of fused-ring (bicyclic) bond motifs is 1. The molecule has 94 valence electrons. The highest BCUT2D eigenvalue weighted by Gasteiger charge is 2.09. The molecule has 3 heteroatoms. The van der Waals surface area contributed by atoms with E-state index in [0.29, 0.717) is 11.5 Å². The molecule has 18 heavy (non-hydrogen) atoms. The average Bonchev–Trinajstić information content (AvgIpc) is 2.30. The molecule has 0 aliphatic heterocycles. The molecule has 0 radical (unpaired) electrons. The number of hydrogen-bond acceptors (Lipinski definition) is 1. The first-order valence-corrected chi connectivity index (χ1v) is 6.32. The first-order chi connectivity index (χ1) is 8.50. The van der Waals surface area contributed by atoms with Crippen molar-refractivity contribution in [3.8, 4) is 0 Å². The molecule has 1 aromatic carbocycles. The van der Waals surface area contributed by atoms with Crippen molar-refractivity contribution in [3.05, 3.63) is 56.4 Å². The van der Waals surface area contributed by atoms with E-state index in [2.05, 4.69) is 4.98 Å². The van der Waals surface area contributed by atoms with Crippen molar-refractivity contribution in [1.29, 1.82) is 0 Å². The van der Waals surface area contributed by atoms with E-state index in [9.17, 15) is 4.79 Å². The SMILES string of the molecule is C/C(Cl)=C/Cc1c(C)[nH]c2c(C)cccc2c1=O. The Morgan fingerprint density at radius 2 is 2.11 bits per heavy atom. The summed E-state index contributed by atoms with van der Waals surface area (Å²) in [7, 11) is 0. The fourth-order valence-corrected chi connectivity index (χ4v) is 2.18. The highest BCUT2D eigenvalue weighted by atomic mass is 35.5. The van der Waals surface area contributed by atoms with Crippen LogP contribution in [0.2, 0.25) is 0 Å². The fraction of sp³-hybridized carbons (Fsp3) is 0.267. The molecule has 2 nitrogen and oxygen atoms in total. The van der Waals surface area contributed by atoms with Gasteiger partial charge in [0.15, 0.2) is 5.43 Å². The highest BCUT2D eigenvalue weighted by molar-refractivity contribution is 6.29. The summed E-state index contributed by atoms with van der Waals surface area (Å²) >= 11 is 5.82. The van der Waals surface area contributed by atoms with Crippen LogP contribution >= 0.6 is 11.6 Å². The van der Waals surface area contributed by atoms with Crippen molar-refractivity contribution in [2.24, 2.45) is 0 Å². The van der Waals surface area contributed by atoms with Gasteiger partial charge in [0.05, 0.1) is 5.52 Å². The number of benzene rings is 1. The Bertz CT molecular complexity index is 679. The van der Waals surface area contributed by atoms with Gasteiger partial charge in [0.1, 0.15) is 0 Å². The number of aromatic nitrogens is 1. The molecule has 1 heterocycles. The normalized spacial score (nSPS) is 12.1. The summed E-state index contributed by atoms with van der Waals surface area (Å²) in [6, 6.07) is 5.77. The van der Waals surface area contributed by atoms with Gasteiger partial charge in [-0.3, -0.25) is 4.79 Å². The molecule has 0 amide bonds. The maximum absolute atomic E-state index is 12.4. The molecule has 0 aliphatic carbocycles. The van der Waals surface area contributed by atoms with E-state index in [4.69, 9.17) is 11.6 Å². The van der Waals surface area contributed by atoms with Crippen molar-refractivity contribution in [2.75, 3.05) is 0 Å². The Hall–Kier alpha value is -1.54.